The number of ether oxygens (including phenoxy) is 1. The highest BCUT2D eigenvalue weighted by Gasteiger charge is 2.15. The third-order valence-corrected chi connectivity index (χ3v) is 3.99. The molecule has 0 fully saturated rings. The first kappa shape index (κ1) is 14.7. The molecule has 1 aromatic carbocycles. The molecule has 0 atom stereocenters. The highest BCUT2D eigenvalue weighted by Crippen LogP contribution is 2.21. The number of anilines is 1. The Morgan fingerprint density at radius 3 is 3.05 bits per heavy atom. The molecule has 112 valence electrons. The maximum Gasteiger partial charge on any atom is 0.340 e. The van der Waals surface area contributed by atoms with Gasteiger partial charge in [-0.25, -0.2) is 4.79 Å². The molecule has 6 nitrogen and oxygen atoms in total. The van der Waals surface area contributed by atoms with Crippen molar-refractivity contribution in [3.63, 3.8) is 0 Å². The smallest absolute Gasteiger partial charge is 0.340 e. The van der Waals surface area contributed by atoms with E-state index in [1.807, 2.05) is 16.8 Å². The Labute approximate surface area is 138 Å². The largest absolute Gasteiger partial charge is 0.452 e. The van der Waals surface area contributed by atoms with Crippen molar-refractivity contribution in [3.8, 4) is 11.4 Å². The molecule has 0 saturated heterocycles. The fourth-order valence-corrected chi connectivity index (χ4v) is 2.73. The number of benzene rings is 1. The average molecular weight is 380 g/mol. The molecule has 0 aliphatic carbocycles. The SMILES string of the molecule is Nc1ccc(Br)cc1C(=O)OCc1nc(-c2ccsc2)no1. The first-order valence-electron chi connectivity index (χ1n) is 6.21. The van der Waals surface area contributed by atoms with Crippen LogP contribution in [0.15, 0.2) is 44.0 Å². The van der Waals surface area contributed by atoms with Crippen LogP contribution in [0.5, 0.6) is 0 Å². The molecular formula is C14H10BrN3O3S. The number of nitrogens with two attached hydrogens (primary N) is 1. The van der Waals surface area contributed by atoms with Crippen molar-refractivity contribution in [3.05, 3.63) is 51.0 Å². The van der Waals surface area contributed by atoms with Crippen LogP contribution in [-0.4, -0.2) is 16.1 Å². The van der Waals surface area contributed by atoms with Gasteiger partial charge in [-0.05, 0) is 29.6 Å². The minimum Gasteiger partial charge on any atom is -0.452 e. The van der Waals surface area contributed by atoms with E-state index < -0.39 is 5.97 Å². The summed E-state index contributed by atoms with van der Waals surface area (Å²) in [4.78, 5) is 16.2. The lowest BCUT2D eigenvalue weighted by Crippen LogP contribution is -2.08. The monoisotopic (exact) mass is 379 g/mol. The summed E-state index contributed by atoms with van der Waals surface area (Å²) in [6.45, 7) is -0.109. The molecule has 0 aliphatic heterocycles. The number of hydrogen-bond acceptors (Lipinski definition) is 7. The van der Waals surface area contributed by atoms with Crippen molar-refractivity contribution >= 4 is 38.9 Å². The van der Waals surface area contributed by atoms with Gasteiger partial charge in [-0.15, -0.1) is 0 Å². The molecule has 0 unspecified atom stereocenters. The zero-order valence-corrected chi connectivity index (χ0v) is 13.6. The second kappa shape index (κ2) is 6.29. The number of nitrogen functional groups attached to an aromatic ring is 1. The summed E-state index contributed by atoms with van der Waals surface area (Å²) in [6.07, 6.45) is 0. The van der Waals surface area contributed by atoms with Gasteiger partial charge in [0.15, 0.2) is 6.61 Å². The highest BCUT2D eigenvalue weighted by atomic mass is 79.9. The van der Waals surface area contributed by atoms with E-state index in [0.29, 0.717) is 11.5 Å². The predicted molar refractivity (Wildman–Crippen MR) is 85.3 cm³/mol. The van der Waals surface area contributed by atoms with E-state index in [9.17, 15) is 4.79 Å². The van der Waals surface area contributed by atoms with Gasteiger partial charge in [0.05, 0.1) is 5.56 Å². The topological polar surface area (TPSA) is 91.2 Å². The van der Waals surface area contributed by atoms with Gasteiger partial charge in [-0.2, -0.15) is 16.3 Å². The molecule has 2 heterocycles. The van der Waals surface area contributed by atoms with Crippen LogP contribution < -0.4 is 5.73 Å². The Morgan fingerprint density at radius 1 is 1.41 bits per heavy atom. The zero-order chi connectivity index (χ0) is 15.5. The van der Waals surface area contributed by atoms with Crippen molar-refractivity contribution < 1.29 is 14.1 Å². The quantitative estimate of drug-likeness (QED) is 0.550. The summed E-state index contributed by atoms with van der Waals surface area (Å²) in [5.74, 6) is 0.145. The summed E-state index contributed by atoms with van der Waals surface area (Å²) >= 11 is 4.82. The van der Waals surface area contributed by atoms with Crippen LogP contribution in [0.25, 0.3) is 11.4 Å². The van der Waals surface area contributed by atoms with Crippen LogP contribution in [0.1, 0.15) is 16.2 Å². The average Bonchev–Trinajstić information content (AvgIpc) is 3.17. The third-order valence-electron chi connectivity index (χ3n) is 2.81. The second-order valence-corrected chi connectivity index (χ2v) is 6.03. The number of carbonyl (C=O) groups is 1. The van der Waals surface area contributed by atoms with Crippen LogP contribution in [0.4, 0.5) is 5.69 Å². The van der Waals surface area contributed by atoms with Gasteiger partial charge in [0, 0.05) is 21.1 Å². The molecule has 3 aromatic rings. The van der Waals surface area contributed by atoms with Crippen LogP contribution in [0.2, 0.25) is 0 Å². The summed E-state index contributed by atoms with van der Waals surface area (Å²) in [7, 11) is 0. The minimum atomic E-state index is -0.547. The number of halogens is 1. The lowest BCUT2D eigenvalue weighted by molar-refractivity contribution is 0.0431. The van der Waals surface area contributed by atoms with E-state index in [1.54, 1.807) is 18.2 Å². The molecule has 8 heteroatoms. The third kappa shape index (κ3) is 3.18. The van der Waals surface area contributed by atoms with E-state index in [4.69, 9.17) is 15.0 Å². The van der Waals surface area contributed by atoms with E-state index in [-0.39, 0.29) is 18.1 Å². The molecule has 0 aliphatic rings. The number of carbonyl (C=O) groups excluding carboxylic acids is 1. The molecule has 22 heavy (non-hydrogen) atoms. The highest BCUT2D eigenvalue weighted by molar-refractivity contribution is 9.10. The Morgan fingerprint density at radius 2 is 2.27 bits per heavy atom. The maximum absolute atomic E-state index is 12.0. The number of hydrogen-bond donors (Lipinski definition) is 1. The molecule has 0 bridgehead atoms. The number of nitrogens with zero attached hydrogens (tertiary/aromatic N) is 2. The summed E-state index contributed by atoms with van der Waals surface area (Å²) in [5, 5.41) is 7.66. The molecule has 0 spiro atoms. The van der Waals surface area contributed by atoms with Crippen LogP contribution >= 0.6 is 27.3 Å². The molecule has 3 rings (SSSR count). The first-order chi connectivity index (χ1) is 10.6. The van der Waals surface area contributed by atoms with E-state index in [2.05, 4.69) is 26.1 Å². The number of aromatic nitrogens is 2. The lowest BCUT2D eigenvalue weighted by atomic mass is 10.2. The van der Waals surface area contributed by atoms with Crippen LogP contribution in [-0.2, 0) is 11.3 Å². The molecule has 0 amide bonds. The summed E-state index contributed by atoms with van der Waals surface area (Å²) in [6, 6.07) is 6.86. The fraction of sp³-hybridized carbons (Fsp3) is 0.0714. The Kier molecular flexibility index (Phi) is 4.21. The lowest BCUT2D eigenvalue weighted by Gasteiger charge is -2.05. The van der Waals surface area contributed by atoms with Crippen molar-refractivity contribution in [2.24, 2.45) is 0 Å². The normalized spacial score (nSPS) is 10.6. The van der Waals surface area contributed by atoms with Crippen molar-refractivity contribution in [1.82, 2.24) is 10.1 Å². The Bertz CT molecular complexity index is 802. The maximum atomic E-state index is 12.0. The molecule has 0 radical (unpaired) electrons. The Balaban J connectivity index is 1.67. The van der Waals surface area contributed by atoms with E-state index in [1.165, 1.54) is 11.3 Å². The molecular weight excluding hydrogens is 370 g/mol. The molecule has 2 aromatic heterocycles. The van der Waals surface area contributed by atoms with Gasteiger partial charge < -0.3 is 15.0 Å². The van der Waals surface area contributed by atoms with Crippen molar-refractivity contribution in [1.29, 1.82) is 0 Å². The van der Waals surface area contributed by atoms with Gasteiger partial charge in [0.2, 0.25) is 5.82 Å². The van der Waals surface area contributed by atoms with Crippen LogP contribution in [0.3, 0.4) is 0 Å². The van der Waals surface area contributed by atoms with Gasteiger partial charge >= 0.3 is 5.97 Å². The van der Waals surface area contributed by atoms with Crippen molar-refractivity contribution in [2.45, 2.75) is 6.61 Å². The van der Waals surface area contributed by atoms with Crippen molar-refractivity contribution in [2.75, 3.05) is 5.73 Å². The number of rotatable bonds is 4. The fourth-order valence-electron chi connectivity index (χ4n) is 1.73. The van der Waals surface area contributed by atoms with Gasteiger partial charge in [-0.1, -0.05) is 21.1 Å². The second-order valence-electron chi connectivity index (χ2n) is 4.33. The van der Waals surface area contributed by atoms with Gasteiger partial charge in [0.25, 0.3) is 5.89 Å². The number of thiophene rings is 1. The van der Waals surface area contributed by atoms with E-state index in [0.717, 1.165) is 10.0 Å². The molecule has 2 N–H and O–H groups in total. The summed E-state index contributed by atoms with van der Waals surface area (Å²) < 4.78 is 10.9. The zero-order valence-electron chi connectivity index (χ0n) is 11.2. The van der Waals surface area contributed by atoms with Gasteiger partial charge in [0.1, 0.15) is 0 Å². The predicted octanol–water partition coefficient (Wildman–Crippen LogP) is 3.50. The van der Waals surface area contributed by atoms with Gasteiger partial charge in [-0.3, -0.25) is 0 Å². The van der Waals surface area contributed by atoms with Crippen LogP contribution in [0, 0.1) is 0 Å². The summed E-state index contributed by atoms with van der Waals surface area (Å²) in [5.41, 5.74) is 7.25. The first-order valence-corrected chi connectivity index (χ1v) is 7.94. The van der Waals surface area contributed by atoms with E-state index >= 15 is 0 Å². The Hall–Kier alpha value is -2.19. The standard InChI is InChI=1S/C14H10BrN3O3S/c15-9-1-2-11(16)10(5-9)14(19)20-6-12-17-13(18-21-12)8-3-4-22-7-8/h1-5,7H,6,16H2. The minimum absolute atomic E-state index is 0.109. The molecule has 0 saturated carbocycles. The number of esters is 1.